The SMILES string of the molecule is C[C@@H]1CO[C@@H]2C[C@@H]1OCCS(=O)(=O)NC(=O)c1ccc3c(c1)N(C[C@@H]1CC[C@H]12)C[C@@]1(CCCc2cc(Cl)ccc21)CO3. The highest BCUT2D eigenvalue weighted by molar-refractivity contribution is 7.90. The normalized spacial score (nSPS) is 34.2. The molecule has 1 saturated heterocycles. The monoisotopic (exact) mass is 614 g/mol. The number of nitrogens with zero attached hydrogens (tertiary/aromatic N) is 1. The molecule has 0 unspecified atom stereocenters. The Bertz CT molecular complexity index is 1480. The summed E-state index contributed by atoms with van der Waals surface area (Å²) >= 11 is 6.41. The molecule has 10 heteroatoms. The van der Waals surface area contributed by atoms with Gasteiger partial charge in [0.2, 0.25) is 10.0 Å². The van der Waals surface area contributed by atoms with Gasteiger partial charge in [-0.15, -0.1) is 0 Å². The summed E-state index contributed by atoms with van der Waals surface area (Å²) in [6, 6.07) is 11.5. The van der Waals surface area contributed by atoms with E-state index in [2.05, 4.69) is 28.7 Å². The minimum Gasteiger partial charge on any atom is -0.490 e. The first-order valence-corrected chi connectivity index (χ1v) is 17.3. The van der Waals surface area contributed by atoms with Crippen molar-refractivity contribution in [2.75, 3.05) is 43.6 Å². The summed E-state index contributed by atoms with van der Waals surface area (Å²) in [5, 5.41) is 0.751. The molecule has 3 aliphatic heterocycles. The summed E-state index contributed by atoms with van der Waals surface area (Å²) in [4.78, 5) is 15.6. The van der Waals surface area contributed by atoms with Crippen molar-refractivity contribution in [1.29, 1.82) is 0 Å². The molecule has 226 valence electrons. The van der Waals surface area contributed by atoms with Crippen LogP contribution < -0.4 is 14.4 Å². The first-order valence-electron chi connectivity index (χ1n) is 15.3. The third kappa shape index (κ3) is 5.31. The van der Waals surface area contributed by atoms with E-state index in [1.165, 1.54) is 11.1 Å². The third-order valence-corrected chi connectivity index (χ3v) is 11.7. The van der Waals surface area contributed by atoms with Crippen molar-refractivity contribution in [2.45, 2.75) is 63.1 Å². The first kappa shape index (κ1) is 28.4. The largest absolute Gasteiger partial charge is 0.490 e. The van der Waals surface area contributed by atoms with Crippen LogP contribution in [0.2, 0.25) is 5.02 Å². The predicted octanol–water partition coefficient (Wildman–Crippen LogP) is 4.72. The lowest BCUT2D eigenvalue weighted by Crippen LogP contribution is -2.51. The number of benzene rings is 2. The molecular weight excluding hydrogens is 576 g/mol. The van der Waals surface area contributed by atoms with Crippen LogP contribution in [0.4, 0.5) is 5.69 Å². The highest BCUT2D eigenvalue weighted by atomic mass is 35.5. The minimum atomic E-state index is -3.87. The fraction of sp³-hybridized carbons (Fsp3) is 0.594. The molecule has 2 aromatic rings. The van der Waals surface area contributed by atoms with E-state index in [0.717, 1.165) is 68.1 Å². The van der Waals surface area contributed by atoms with Crippen LogP contribution in [0.5, 0.6) is 5.75 Å². The zero-order valence-electron chi connectivity index (χ0n) is 24.0. The highest BCUT2D eigenvalue weighted by Gasteiger charge is 2.46. The molecule has 5 aliphatic rings. The number of hydrogen-bond donors (Lipinski definition) is 1. The molecule has 0 radical (unpaired) electrons. The number of fused-ring (bicyclic) bond motifs is 7. The van der Waals surface area contributed by atoms with E-state index >= 15 is 0 Å². The van der Waals surface area contributed by atoms with Crippen LogP contribution in [0.25, 0.3) is 0 Å². The summed E-state index contributed by atoms with van der Waals surface area (Å²) in [5.74, 6) is 0.841. The molecule has 1 amide bonds. The number of nitrogens with one attached hydrogen (secondary N) is 1. The van der Waals surface area contributed by atoms with Gasteiger partial charge in [-0.05, 0) is 85.4 Å². The lowest BCUT2D eigenvalue weighted by molar-refractivity contribution is -0.139. The number of sulfonamides is 1. The van der Waals surface area contributed by atoms with Crippen LogP contribution in [0, 0.1) is 17.8 Å². The molecule has 0 aromatic heterocycles. The molecule has 7 rings (SSSR count). The van der Waals surface area contributed by atoms with Gasteiger partial charge in [-0.3, -0.25) is 4.79 Å². The maximum absolute atomic E-state index is 13.2. The Morgan fingerprint density at radius 3 is 2.81 bits per heavy atom. The molecule has 2 aliphatic carbocycles. The van der Waals surface area contributed by atoms with Crippen LogP contribution >= 0.6 is 11.6 Å². The molecule has 2 aromatic carbocycles. The molecule has 1 saturated carbocycles. The van der Waals surface area contributed by atoms with Crippen LogP contribution in [0.1, 0.15) is 60.5 Å². The maximum Gasteiger partial charge on any atom is 0.264 e. The second-order valence-corrected chi connectivity index (χ2v) is 15.3. The van der Waals surface area contributed by atoms with Crippen molar-refractivity contribution in [3.05, 3.63) is 58.1 Å². The van der Waals surface area contributed by atoms with Gasteiger partial charge in [0.25, 0.3) is 5.91 Å². The Kier molecular flexibility index (Phi) is 7.44. The van der Waals surface area contributed by atoms with Crippen LogP contribution in [0.3, 0.4) is 0 Å². The highest BCUT2D eigenvalue weighted by Crippen LogP contribution is 2.47. The second-order valence-electron chi connectivity index (χ2n) is 13.0. The Morgan fingerprint density at radius 2 is 1.98 bits per heavy atom. The fourth-order valence-electron chi connectivity index (χ4n) is 7.85. The van der Waals surface area contributed by atoms with Crippen LogP contribution in [-0.4, -0.2) is 65.2 Å². The Labute approximate surface area is 253 Å². The summed E-state index contributed by atoms with van der Waals surface area (Å²) < 4.78 is 47.0. The van der Waals surface area contributed by atoms with E-state index in [-0.39, 0.29) is 35.9 Å². The molecule has 1 spiro atoms. The number of anilines is 1. The molecule has 42 heavy (non-hydrogen) atoms. The van der Waals surface area contributed by atoms with Crippen molar-refractivity contribution in [3.8, 4) is 5.75 Å². The molecule has 8 nitrogen and oxygen atoms in total. The predicted molar refractivity (Wildman–Crippen MR) is 161 cm³/mol. The van der Waals surface area contributed by atoms with Crippen molar-refractivity contribution >= 4 is 33.2 Å². The van der Waals surface area contributed by atoms with Crippen molar-refractivity contribution in [1.82, 2.24) is 4.72 Å². The number of rotatable bonds is 0. The lowest BCUT2D eigenvalue weighted by Gasteiger charge is -2.48. The molecule has 6 atom stereocenters. The maximum atomic E-state index is 13.2. The van der Waals surface area contributed by atoms with Crippen molar-refractivity contribution in [2.24, 2.45) is 17.8 Å². The number of ether oxygens (including phenoxy) is 3. The van der Waals surface area contributed by atoms with Gasteiger partial charge in [0.1, 0.15) is 5.75 Å². The lowest BCUT2D eigenvalue weighted by atomic mass is 9.67. The minimum absolute atomic E-state index is 0.0407. The van der Waals surface area contributed by atoms with E-state index in [0.29, 0.717) is 30.6 Å². The first-order chi connectivity index (χ1) is 20.2. The van der Waals surface area contributed by atoms with Crippen molar-refractivity contribution in [3.63, 3.8) is 0 Å². The number of carbonyl (C=O) groups is 1. The topological polar surface area (TPSA) is 94.2 Å². The average molecular weight is 615 g/mol. The van der Waals surface area contributed by atoms with Gasteiger partial charge in [0, 0.05) is 41.4 Å². The third-order valence-electron chi connectivity index (χ3n) is 10.3. The fourth-order valence-corrected chi connectivity index (χ4v) is 8.87. The van der Waals surface area contributed by atoms with Gasteiger partial charge in [0.15, 0.2) is 0 Å². The zero-order valence-corrected chi connectivity index (χ0v) is 25.6. The van der Waals surface area contributed by atoms with E-state index in [9.17, 15) is 13.2 Å². The Hall–Kier alpha value is -2.33. The standard InChI is InChI=1S/C32H39ClN2O6S/c1-20-17-40-30-15-29(20)39-11-12-42(37,38)34-31(36)22-5-9-28-27(14-22)35(16-23-4-7-25(23)30)18-32(19-41-28)10-2-3-21-13-24(33)6-8-26(21)32/h5-6,8-9,13-14,20,23,25,29-30H,2-4,7,10-12,15-19H2,1H3,(H,34,36)/t20-,23+,25-,29+,30-,32+/m1/s1. The number of aryl methyl sites for hydroxylation is 1. The summed E-state index contributed by atoms with van der Waals surface area (Å²) in [6.07, 6.45) is 6.05. The average Bonchev–Trinajstić information content (AvgIpc) is 3.09. The van der Waals surface area contributed by atoms with Crippen LogP contribution in [-0.2, 0) is 31.3 Å². The smallest absolute Gasteiger partial charge is 0.264 e. The molecule has 1 N–H and O–H groups in total. The summed E-state index contributed by atoms with van der Waals surface area (Å²) in [7, 11) is -3.87. The van der Waals surface area contributed by atoms with Crippen molar-refractivity contribution < 1.29 is 27.4 Å². The summed E-state index contributed by atoms with van der Waals surface area (Å²) in [5.41, 5.74) is 3.48. The Morgan fingerprint density at radius 1 is 1.10 bits per heavy atom. The quantitative estimate of drug-likeness (QED) is 0.459. The second kappa shape index (κ2) is 11.0. The summed E-state index contributed by atoms with van der Waals surface area (Å²) in [6.45, 7) is 4.83. The molecule has 4 bridgehead atoms. The van der Waals surface area contributed by atoms with E-state index in [4.69, 9.17) is 25.8 Å². The molecular formula is C32H39ClN2O6S. The molecule has 3 heterocycles. The van der Waals surface area contributed by atoms with Gasteiger partial charge >= 0.3 is 0 Å². The van der Waals surface area contributed by atoms with Crippen LogP contribution in [0.15, 0.2) is 36.4 Å². The molecule has 2 fully saturated rings. The van der Waals surface area contributed by atoms with Gasteiger partial charge in [-0.2, -0.15) is 0 Å². The van der Waals surface area contributed by atoms with E-state index in [1.807, 2.05) is 12.1 Å². The van der Waals surface area contributed by atoms with Gasteiger partial charge in [-0.25, -0.2) is 13.1 Å². The number of hydrogen-bond acceptors (Lipinski definition) is 7. The van der Waals surface area contributed by atoms with Gasteiger partial charge in [0.05, 0.1) is 43.5 Å². The number of carbonyl (C=O) groups excluding carboxylic acids is 1. The Balaban J connectivity index is 1.28. The number of amides is 1. The zero-order chi connectivity index (χ0) is 29.1. The van der Waals surface area contributed by atoms with E-state index in [1.54, 1.807) is 12.1 Å². The van der Waals surface area contributed by atoms with Gasteiger partial charge in [-0.1, -0.05) is 24.6 Å². The number of halogens is 1. The van der Waals surface area contributed by atoms with E-state index < -0.39 is 15.9 Å². The van der Waals surface area contributed by atoms with Gasteiger partial charge < -0.3 is 19.1 Å².